The van der Waals surface area contributed by atoms with Crippen molar-refractivity contribution in [2.45, 2.75) is 68.5 Å². The predicted octanol–water partition coefficient (Wildman–Crippen LogP) is 8.17. The molecule has 0 aliphatic carbocycles. The van der Waals surface area contributed by atoms with Crippen molar-refractivity contribution in [3.63, 3.8) is 0 Å². The summed E-state index contributed by atoms with van der Waals surface area (Å²) in [5.41, 5.74) is 3.51. The third-order valence-electron chi connectivity index (χ3n) is 9.16. The Kier molecular flexibility index (Phi) is 8.18. The topological polar surface area (TPSA) is 81.1 Å². The molecule has 6 nitrogen and oxygen atoms in total. The second-order valence-corrected chi connectivity index (χ2v) is 13.3. The third kappa shape index (κ3) is 5.29. The minimum Gasteiger partial charge on any atom is -0.507 e. The Labute approximate surface area is 261 Å². The second kappa shape index (κ2) is 11.9. The van der Waals surface area contributed by atoms with Gasteiger partial charge in [-0.25, -0.2) is 0 Å². The van der Waals surface area contributed by atoms with E-state index in [9.17, 15) is 19.8 Å². The molecule has 2 aliphatic heterocycles. The molecular weight excluding hydrogens is 583 g/mol. The van der Waals surface area contributed by atoms with Gasteiger partial charge in [-0.2, -0.15) is 0 Å². The van der Waals surface area contributed by atoms with Crippen LogP contribution in [-0.2, 0) is 9.59 Å². The lowest BCUT2D eigenvalue weighted by Gasteiger charge is -2.19. The number of carbonyl (C=O) groups excluding carboxylic acids is 2. The molecule has 4 atom stereocenters. The van der Waals surface area contributed by atoms with Crippen LogP contribution in [0, 0.1) is 0 Å². The van der Waals surface area contributed by atoms with Gasteiger partial charge < -0.3 is 20.0 Å². The standard InChI is InChI=1S/C35H36Cl2N2O4/c1-20(36)26-18-38(28-16-30(40)22-10-6-8-12-24(22)34(26)28)32(42)14-4-3-5-15-33(43)39-19-27(21(2)37)35-25-13-9-7-11-23(25)31(41)17-29(35)39/h6-13,16-17,20-21,26-27,40-41H,3-5,14-15,18-19H2,1-2H3. The highest BCUT2D eigenvalue weighted by molar-refractivity contribution is 6.22. The SMILES string of the molecule is CC(Cl)C1CN(C(=O)CCCCCC(=O)N2CC(C(C)Cl)c3c2cc(O)c2ccccc32)c2cc(O)c3ccccc3c21. The van der Waals surface area contributed by atoms with Gasteiger partial charge >= 0.3 is 0 Å². The maximum atomic E-state index is 13.4. The van der Waals surface area contributed by atoms with Crippen molar-refractivity contribution in [1.82, 2.24) is 0 Å². The fourth-order valence-electron chi connectivity index (χ4n) is 6.95. The van der Waals surface area contributed by atoms with E-state index >= 15 is 0 Å². The lowest BCUT2D eigenvalue weighted by Crippen LogP contribution is -2.31. The van der Waals surface area contributed by atoms with Crippen molar-refractivity contribution in [2.75, 3.05) is 22.9 Å². The zero-order valence-electron chi connectivity index (χ0n) is 24.4. The van der Waals surface area contributed by atoms with Crippen LogP contribution in [0.4, 0.5) is 11.4 Å². The average molecular weight is 620 g/mol. The molecule has 2 heterocycles. The van der Waals surface area contributed by atoms with Crippen molar-refractivity contribution >= 4 is 67.9 Å². The number of alkyl halides is 2. The molecule has 0 radical (unpaired) electrons. The van der Waals surface area contributed by atoms with E-state index in [0.29, 0.717) is 38.8 Å². The summed E-state index contributed by atoms with van der Waals surface area (Å²) in [7, 11) is 0. The van der Waals surface area contributed by atoms with Crippen LogP contribution in [0.2, 0.25) is 0 Å². The number of nitrogens with zero attached hydrogens (tertiary/aromatic N) is 2. The van der Waals surface area contributed by atoms with Crippen LogP contribution in [0.5, 0.6) is 11.5 Å². The van der Waals surface area contributed by atoms with Gasteiger partial charge in [-0.05, 0) is 48.6 Å². The van der Waals surface area contributed by atoms with Crippen molar-refractivity contribution in [3.8, 4) is 11.5 Å². The van der Waals surface area contributed by atoms with E-state index in [4.69, 9.17) is 23.2 Å². The highest BCUT2D eigenvalue weighted by Gasteiger charge is 2.38. The number of hydrogen-bond acceptors (Lipinski definition) is 4. The number of anilines is 2. The van der Waals surface area contributed by atoms with E-state index in [2.05, 4.69) is 0 Å². The third-order valence-corrected chi connectivity index (χ3v) is 9.77. The minimum absolute atomic E-state index is 0.00293. The first-order valence-electron chi connectivity index (χ1n) is 15.1. The maximum absolute atomic E-state index is 13.4. The number of benzene rings is 4. The molecule has 6 rings (SSSR count). The van der Waals surface area contributed by atoms with E-state index in [1.807, 2.05) is 62.4 Å². The summed E-state index contributed by atoms with van der Waals surface area (Å²) in [4.78, 5) is 30.3. The number of rotatable bonds is 8. The van der Waals surface area contributed by atoms with E-state index < -0.39 is 0 Å². The molecule has 4 aromatic carbocycles. The van der Waals surface area contributed by atoms with Crippen LogP contribution in [-0.4, -0.2) is 45.9 Å². The molecule has 8 heteroatoms. The van der Waals surface area contributed by atoms with Crippen LogP contribution in [0.25, 0.3) is 21.5 Å². The second-order valence-electron chi connectivity index (χ2n) is 11.9. The summed E-state index contributed by atoms with van der Waals surface area (Å²) in [5, 5.41) is 24.4. The summed E-state index contributed by atoms with van der Waals surface area (Å²) >= 11 is 13.2. The van der Waals surface area contributed by atoms with Gasteiger partial charge in [-0.15, -0.1) is 23.2 Å². The summed E-state index contributed by atoms with van der Waals surface area (Å²) in [5.74, 6) is 0.258. The molecule has 0 bridgehead atoms. The Morgan fingerprint density at radius 3 is 1.44 bits per heavy atom. The maximum Gasteiger partial charge on any atom is 0.227 e. The van der Waals surface area contributed by atoms with Gasteiger partial charge in [0, 0.05) is 71.4 Å². The van der Waals surface area contributed by atoms with Crippen molar-refractivity contribution in [1.29, 1.82) is 0 Å². The molecule has 4 unspecified atom stereocenters. The number of amides is 2. The molecule has 2 aliphatic rings. The van der Waals surface area contributed by atoms with Crippen LogP contribution in [0.15, 0.2) is 60.7 Å². The molecule has 2 amide bonds. The Balaban J connectivity index is 1.10. The number of hydrogen-bond donors (Lipinski definition) is 2. The van der Waals surface area contributed by atoms with Gasteiger partial charge in [0.25, 0.3) is 0 Å². The number of unbranched alkanes of at least 4 members (excludes halogenated alkanes) is 2. The monoisotopic (exact) mass is 618 g/mol. The van der Waals surface area contributed by atoms with Crippen molar-refractivity contribution in [2.24, 2.45) is 0 Å². The molecule has 4 aromatic rings. The number of phenolic OH excluding ortho intramolecular Hbond substituents is 2. The van der Waals surface area contributed by atoms with E-state index in [1.165, 1.54) is 0 Å². The van der Waals surface area contributed by atoms with Gasteiger partial charge in [-0.1, -0.05) is 55.0 Å². The molecule has 0 fully saturated rings. The summed E-state index contributed by atoms with van der Waals surface area (Å²) in [6, 6.07) is 18.8. The van der Waals surface area contributed by atoms with Crippen LogP contribution < -0.4 is 9.80 Å². The number of phenols is 2. The van der Waals surface area contributed by atoms with Gasteiger partial charge in [0.2, 0.25) is 11.8 Å². The molecule has 0 saturated heterocycles. The zero-order valence-corrected chi connectivity index (χ0v) is 25.9. The van der Waals surface area contributed by atoms with Gasteiger partial charge in [0.1, 0.15) is 11.5 Å². The first kappa shape index (κ1) is 29.6. The van der Waals surface area contributed by atoms with Crippen LogP contribution in [0.1, 0.15) is 68.9 Å². The van der Waals surface area contributed by atoms with Crippen molar-refractivity contribution < 1.29 is 19.8 Å². The van der Waals surface area contributed by atoms with Crippen LogP contribution >= 0.6 is 23.2 Å². The zero-order chi connectivity index (χ0) is 30.4. The number of halogens is 2. The van der Waals surface area contributed by atoms with Gasteiger partial charge in [0.05, 0.1) is 11.4 Å². The molecule has 224 valence electrons. The molecule has 43 heavy (non-hydrogen) atoms. The molecule has 0 aromatic heterocycles. The molecular formula is C35H36Cl2N2O4. The summed E-state index contributed by atoms with van der Waals surface area (Å²) in [6.45, 7) is 4.87. The number of carbonyl (C=O) groups is 2. The number of fused-ring (bicyclic) bond motifs is 6. The fourth-order valence-corrected chi connectivity index (χ4v) is 7.36. The van der Waals surface area contributed by atoms with Gasteiger partial charge in [-0.3, -0.25) is 9.59 Å². The Hall–Kier alpha value is -3.48. The summed E-state index contributed by atoms with van der Waals surface area (Å²) in [6.07, 6.45) is 2.74. The quantitative estimate of drug-likeness (QED) is 0.154. The average Bonchev–Trinajstić information content (AvgIpc) is 3.57. The lowest BCUT2D eigenvalue weighted by atomic mass is 9.92. The van der Waals surface area contributed by atoms with E-state index in [0.717, 1.165) is 50.5 Å². The largest absolute Gasteiger partial charge is 0.507 e. The molecule has 0 spiro atoms. The smallest absolute Gasteiger partial charge is 0.227 e. The first-order chi connectivity index (χ1) is 20.7. The molecule has 0 saturated carbocycles. The highest BCUT2D eigenvalue weighted by Crippen LogP contribution is 2.48. The Morgan fingerprint density at radius 1 is 0.698 bits per heavy atom. The number of aromatic hydroxyl groups is 2. The first-order valence-corrected chi connectivity index (χ1v) is 15.9. The lowest BCUT2D eigenvalue weighted by molar-refractivity contribution is -0.119. The predicted molar refractivity (Wildman–Crippen MR) is 175 cm³/mol. The van der Waals surface area contributed by atoms with Crippen LogP contribution in [0.3, 0.4) is 0 Å². The van der Waals surface area contributed by atoms with E-state index in [-0.39, 0.29) is 45.9 Å². The van der Waals surface area contributed by atoms with Gasteiger partial charge in [0.15, 0.2) is 0 Å². The summed E-state index contributed by atoms with van der Waals surface area (Å²) < 4.78 is 0. The normalized spacial score (nSPS) is 19.1. The fraction of sp³-hybridized carbons (Fsp3) is 0.371. The minimum atomic E-state index is -0.174. The Morgan fingerprint density at radius 2 is 1.07 bits per heavy atom. The Bertz CT molecular complexity index is 1590. The molecule has 2 N–H and O–H groups in total. The van der Waals surface area contributed by atoms with E-state index in [1.54, 1.807) is 21.9 Å². The van der Waals surface area contributed by atoms with Crippen molar-refractivity contribution in [3.05, 3.63) is 71.8 Å². The highest BCUT2D eigenvalue weighted by atomic mass is 35.5.